The molecule has 2 aliphatic heterocycles. The van der Waals surface area contributed by atoms with Gasteiger partial charge in [0.15, 0.2) is 0 Å². The lowest BCUT2D eigenvalue weighted by molar-refractivity contribution is 0.0551. The molecule has 1 unspecified atom stereocenters. The molecule has 3 aliphatic rings. The van der Waals surface area contributed by atoms with Crippen LogP contribution in [0.1, 0.15) is 57.9 Å². The van der Waals surface area contributed by atoms with Crippen LogP contribution in [0.5, 0.6) is 5.75 Å². The van der Waals surface area contributed by atoms with Crippen LogP contribution in [0.4, 0.5) is 0 Å². The summed E-state index contributed by atoms with van der Waals surface area (Å²) in [6.07, 6.45) is 4.04. The van der Waals surface area contributed by atoms with Crippen LogP contribution in [0, 0.1) is 5.92 Å². The Hall–Kier alpha value is -2.08. The standard InChI is InChI=1S/C19H24N2O4/c1-20-19(23)15-9-12(18(22)21-13-2-3-13)8-14-16(10-25-17(14)15)11-4-6-24-7-5-11/h8-9,11,13,16H,2-7,10H2,1H3,(H,20,23)(H,21,22). The molecule has 1 atom stereocenters. The van der Waals surface area contributed by atoms with Crippen molar-refractivity contribution in [1.29, 1.82) is 0 Å². The lowest BCUT2D eigenvalue weighted by atomic mass is 9.81. The minimum Gasteiger partial charge on any atom is -0.492 e. The van der Waals surface area contributed by atoms with Crippen molar-refractivity contribution in [2.24, 2.45) is 5.92 Å². The van der Waals surface area contributed by atoms with E-state index in [0.29, 0.717) is 29.4 Å². The third-order valence-corrected chi connectivity index (χ3v) is 5.41. The van der Waals surface area contributed by atoms with Crippen molar-refractivity contribution in [2.75, 3.05) is 26.9 Å². The number of nitrogens with one attached hydrogen (secondary N) is 2. The van der Waals surface area contributed by atoms with E-state index in [-0.39, 0.29) is 23.8 Å². The molecule has 1 saturated carbocycles. The summed E-state index contributed by atoms with van der Waals surface area (Å²) in [4.78, 5) is 24.9. The predicted molar refractivity (Wildman–Crippen MR) is 92.1 cm³/mol. The van der Waals surface area contributed by atoms with Gasteiger partial charge in [-0.05, 0) is 43.7 Å². The fraction of sp³-hybridized carbons (Fsp3) is 0.579. The van der Waals surface area contributed by atoms with E-state index in [4.69, 9.17) is 9.47 Å². The van der Waals surface area contributed by atoms with E-state index < -0.39 is 0 Å². The largest absolute Gasteiger partial charge is 0.492 e. The van der Waals surface area contributed by atoms with Crippen LogP contribution >= 0.6 is 0 Å². The molecule has 1 aliphatic carbocycles. The molecule has 0 aromatic heterocycles. The lowest BCUT2D eigenvalue weighted by Crippen LogP contribution is -2.27. The second-order valence-electron chi connectivity index (χ2n) is 7.14. The summed E-state index contributed by atoms with van der Waals surface area (Å²) in [6, 6.07) is 3.86. The van der Waals surface area contributed by atoms with Crippen molar-refractivity contribution >= 4 is 11.8 Å². The van der Waals surface area contributed by atoms with Crippen LogP contribution in [-0.2, 0) is 4.74 Å². The quantitative estimate of drug-likeness (QED) is 0.874. The Morgan fingerprint density at radius 3 is 2.52 bits per heavy atom. The number of hydrogen-bond donors (Lipinski definition) is 2. The second kappa shape index (κ2) is 6.67. The normalized spacial score (nSPS) is 22.8. The summed E-state index contributed by atoms with van der Waals surface area (Å²) < 4.78 is 11.4. The summed E-state index contributed by atoms with van der Waals surface area (Å²) >= 11 is 0. The van der Waals surface area contributed by atoms with Crippen molar-refractivity contribution in [3.05, 3.63) is 28.8 Å². The highest BCUT2D eigenvalue weighted by molar-refractivity contribution is 6.02. The van der Waals surface area contributed by atoms with Gasteiger partial charge in [-0.15, -0.1) is 0 Å². The Bertz CT molecular complexity index is 693. The second-order valence-corrected chi connectivity index (χ2v) is 7.14. The molecule has 0 radical (unpaired) electrons. The van der Waals surface area contributed by atoms with Gasteiger partial charge in [-0.2, -0.15) is 0 Å². The highest BCUT2D eigenvalue weighted by Crippen LogP contribution is 2.44. The van der Waals surface area contributed by atoms with Crippen LogP contribution in [0.15, 0.2) is 12.1 Å². The first-order chi connectivity index (χ1) is 12.2. The van der Waals surface area contributed by atoms with Gasteiger partial charge in [0, 0.05) is 43.3 Å². The first-order valence-electron chi connectivity index (χ1n) is 9.09. The first kappa shape index (κ1) is 16.4. The third-order valence-electron chi connectivity index (χ3n) is 5.41. The number of benzene rings is 1. The Morgan fingerprint density at radius 1 is 1.08 bits per heavy atom. The van der Waals surface area contributed by atoms with Gasteiger partial charge in [0.05, 0.1) is 12.2 Å². The number of carbonyl (C=O) groups excluding carboxylic acids is 2. The molecule has 1 saturated heterocycles. The number of fused-ring (bicyclic) bond motifs is 1. The van der Waals surface area contributed by atoms with Crippen LogP contribution in [-0.4, -0.2) is 44.7 Å². The molecule has 0 spiro atoms. The van der Waals surface area contributed by atoms with Crippen LogP contribution in [0.2, 0.25) is 0 Å². The smallest absolute Gasteiger partial charge is 0.254 e. The molecule has 6 heteroatoms. The van der Waals surface area contributed by atoms with Gasteiger partial charge in [0.2, 0.25) is 0 Å². The first-order valence-corrected chi connectivity index (χ1v) is 9.09. The Kier molecular flexibility index (Phi) is 4.37. The highest BCUT2D eigenvalue weighted by atomic mass is 16.5. The Morgan fingerprint density at radius 2 is 1.84 bits per heavy atom. The SMILES string of the molecule is CNC(=O)c1cc(C(=O)NC2CC2)cc2c1OCC2C1CCOCC1. The van der Waals surface area contributed by atoms with E-state index in [9.17, 15) is 9.59 Å². The number of rotatable bonds is 4. The van der Waals surface area contributed by atoms with E-state index in [0.717, 1.165) is 44.5 Å². The fourth-order valence-electron chi connectivity index (χ4n) is 3.79. The van der Waals surface area contributed by atoms with Crippen LogP contribution in [0.3, 0.4) is 0 Å². The van der Waals surface area contributed by atoms with E-state index in [1.807, 2.05) is 6.07 Å². The molecule has 2 fully saturated rings. The van der Waals surface area contributed by atoms with Gasteiger partial charge in [0.25, 0.3) is 11.8 Å². The Balaban J connectivity index is 1.70. The van der Waals surface area contributed by atoms with E-state index >= 15 is 0 Å². The molecule has 25 heavy (non-hydrogen) atoms. The lowest BCUT2D eigenvalue weighted by Gasteiger charge is -2.27. The molecule has 2 N–H and O–H groups in total. The molecule has 1 aromatic carbocycles. The zero-order valence-electron chi connectivity index (χ0n) is 14.5. The maximum absolute atomic E-state index is 12.5. The minimum absolute atomic E-state index is 0.104. The molecule has 2 heterocycles. The number of carbonyl (C=O) groups is 2. The minimum atomic E-state index is -0.218. The Labute approximate surface area is 147 Å². The molecule has 2 amide bonds. The van der Waals surface area contributed by atoms with Crippen molar-refractivity contribution in [1.82, 2.24) is 10.6 Å². The topological polar surface area (TPSA) is 76.7 Å². The summed E-state index contributed by atoms with van der Waals surface area (Å²) in [6.45, 7) is 2.10. The summed E-state index contributed by atoms with van der Waals surface area (Å²) in [7, 11) is 1.59. The van der Waals surface area contributed by atoms with Gasteiger partial charge in [-0.25, -0.2) is 0 Å². The maximum Gasteiger partial charge on any atom is 0.254 e. The van der Waals surface area contributed by atoms with Gasteiger partial charge in [-0.3, -0.25) is 9.59 Å². The van der Waals surface area contributed by atoms with Gasteiger partial charge in [-0.1, -0.05) is 0 Å². The molecule has 1 aromatic rings. The number of amides is 2. The summed E-state index contributed by atoms with van der Waals surface area (Å²) in [5.74, 6) is 1.00. The van der Waals surface area contributed by atoms with E-state index in [1.165, 1.54) is 0 Å². The zero-order valence-corrected chi connectivity index (χ0v) is 14.5. The van der Waals surface area contributed by atoms with Crippen molar-refractivity contribution < 1.29 is 19.1 Å². The molecular weight excluding hydrogens is 320 g/mol. The number of ether oxygens (including phenoxy) is 2. The highest BCUT2D eigenvalue weighted by Gasteiger charge is 2.36. The monoisotopic (exact) mass is 344 g/mol. The average molecular weight is 344 g/mol. The molecule has 4 rings (SSSR count). The van der Waals surface area contributed by atoms with Crippen LogP contribution in [0.25, 0.3) is 0 Å². The summed E-state index contributed by atoms with van der Waals surface area (Å²) in [5.41, 5.74) is 2.00. The maximum atomic E-state index is 12.5. The molecular formula is C19H24N2O4. The van der Waals surface area contributed by atoms with Gasteiger partial charge < -0.3 is 20.1 Å². The molecule has 0 bridgehead atoms. The van der Waals surface area contributed by atoms with E-state index in [1.54, 1.807) is 13.1 Å². The van der Waals surface area contributed by atoms with Gasteiger partial charge >= 0.3 is 0 Å². The molecule has 6 nitrogen and oxygen atoms in total. The van der Waals surface area contributed by atoms with Crippen molar-refractivity contribution in [3.63, 3.8) is 0 Å². The fourth-order valence-corrected chi connectivity index (χ4v) is 3.79. The van der Waals surface area contributed by atoms with Crippen molar-refractivity contribution in [3.8, 4) is 5.75 Å². The van der Waals surface area contributed by atoms with Crippen LogP contribution < -0.4 is 15.4 Å². The number of hydrogen-bond acceptors (Lipinski definition) is 4. The van der Waals surface area contributed by atoms with Gasteiger partial charge in [0.1, 0.15) is 5.75 Å². The van der Waals surface area contributed by atoms with Crippen molar-refractivity contribution in [2.45, 2.75) is 37.6 Å². The molecule has 134 valence electrons. The van der Waals surface area contributed by atoms with E-state index in [2.05, 4.69) is 10.6 Å². The zero-order chi connectivity index (χ0) is 17.4. The summed E-state index contributed by atoms with van der Waals surface area (Å²) in [5, 5.41) is 5.66. The third kappa shape index (κ3) is 3.23. The predicted octanol–water partition coefficient (Wildman–Crippen LogP) is 1.84. The average Bonchev–Trinajstić information content (AvgIpc) is 3.36.